The van der Waals surface area contributed by atoms with Crippen LogP contribution >= 0.6 is 0 Å². The Balaban J connectivity index is 2.43. The molecule has 0 fully saturated rings. The lowest BCUT2D eigenvalue weighted by Crippen LogP contribution is -2.14. The third kappa shape index (κ3) is 3.11. The SMILES string of the molecule is COc1ccc(NS(=O)(=O)c2ccccc2)c(OC)c1C. The van der Waals surface area contributed by atoms with Crippen LogP contribution in [0.15, 0.2) is 47.4 Å². The van der Waals surface area contributed by atoms with E-state index in [1.165, 1.54) is 19.2 Å². The molecule has 0 aliphatic heterocycles. The van der Waals surface area contributed by atoms with Crippen molar-refractivity contribution < 1.29 is 17.9 Å². The van der Waals surface area contributed by atoms with E-state index >= 15 is 0 Å². The number of methoxy groups -OCH3 is 2. The molecular weight excluding hydrogens is 290 g/mol. The van der Waals surface area contributed by atoms with E-state index in [1.54, 1.807) is 44.4 Å². The first-order valence-corrected chi connectivity index (χ1v) is 7.77. The summed E-state index contributed by atoms with van der Waals surface area (Å²) in [5.74, 6) is 1.07. The average Bonchev–Trinajstić information content (AvgIpc) is 2.48. The summed E-state index contributed by atoms with van der Waals surface area (Å²) in [5.41, 5.74) is 1.10. The van der Waals surface area contributed by atoms with E-state index in [2.05, 4.69) is 4.72 Å². The number of anilines is 1. The van der Waals surface area contributed by atoms with Gasteiger partial charge in [0, 0.05) is 5.56 Å². The molecule has 0 radical (unpaired) electrons. The quantitative estimate of drug-likeness (QED) is 0.922. The molecule has 0 amide bonds. The molecule has 0 saturated heterocycles. The second kappa shape index (κ2) is 6.05. The molecule has 2 rings (SSSR count). The molecule has 0 aromatic heterocycles. The Bertz CT molecular complexity index is 727. The minimum Gasteiger partial charge on any atom is -0.496 e. The lowest BCUT2D eigenvalue weighted by atomic mass is 10.2. The Hall–Kier alpha value is -2.21. The summed E-state index contributed by atoms with van der Waals surface area (Å²) in [6, 6.07) is 11.5. The first-order valence-electron chi connectivity index (χ1n) is 6.29. The van der Waals surface area contributed by atoms with E-state index in [-0.39, 0.29) is 4.90 Å². The molecule has 0 aliphatic rings. The maximum absolute atomic E-state index is 12.3. The first-order chi connectivity index (χ1) is 9.99. The van der Waals surface area contributed by atoms with E-state index in [9.17, 15) is 8.42 Å². The predicted octanol–water partition coefficient (Wildman–Crippen LogP) is 2.81. The number of rotatable bonds is 5. The van der Waals surface area contributed by atoms with Gasteiger partial charge in [-0.2, -0.15) is 0 Å². The van der Waals surface area contributed by atoms with Crippen LogP contribution in [0.1, 0.15) is 5.56 Å². The van der Waals surface area contributed by atoms with Crippen LogP contribution < -0.4 is 14.2 Å². The lowest BCUT2D eigenvalue weighted by molar-refractivity contribution is 0.390. The van der Waals surface area contributed by atoms with Gasteiger partial charge >= 0.3 is 0 Å². The van der Waals surface area contributed by atoms with Crippen molar-refractivity contribution >= 4 is 15.7 Å². The highest BCUT2D eigenvalue weighted by molar-refractivity contribution is 7.92. The number of nitrogens with one attached hydrogen (secondary N) is 1. The Morgan fingerprint density at radius 1 is 0.952 bits per heavy atom. The molecule has 0 unspecified atom stereocenters. The highest BCUT2D eigenvalue weighted by atomic mass is 32.2. The Labute approximate surface area is 124 Å². The van der Waals surface area contributed by atoms with Gasteiger partial charge in [-0.05, 0) is 31.2 Å². The highest BCUT2D eigenvalue weighted by Crippen LogP contribution is 2.35. The van der Waals surface area contributed by atoms with Crippen molar-refractivity contribution in [3.8, 4) is 11.5 Å². The summed E-state index contributed by atoms with van der Waals surface area (Å²) in [6.07, 6.45) is 0. The van der Waals surface area contributed by atoms with E-state index in [4.69, 9.17) is 9.47 Å². The summed E-state index contributed by atoms with van der Waals surface area (Å²) in [4.78, 5) is 0.195. The lowest BCUT2D eigenvalue weighted by Gasteiger charge is -2.16. The van der Waals surface area contributed by atoms with Gasteiger partial charge in [0.15, 0.2) is 0 Å². The second-order valence-corrected chi connectivity index (χ2v) is 6.07. The summed E-state index contributed by atoms with van der Waals surface area (Å²) in [5, 5.41) is 0. The van der Waals surface area contributed by atoms with E-state index in [1.807, 2.05) is 0 Å². The molecule has 2 aromatic rings. The van der Waals surface area contributed by atoms with E-state index in [0.29, 0.717) is 17.2 Å². The van der Waals surface area contributed by atoms with Crippen molar-refractivity contribution in [2.24, 2.45) is 0 Å². The van der Waals surface area contributed by atoms with Crippen LogP contribution in [0.2, 0.25) is 0 Å². The van der Waals surface area contributed by atoms with Gasteiger partial charge in [-0.1, -0.05) is 18.2 Å². The molecule has 0 spiro atoms. The molecule has 0 bridgehead atoms. The number of ether oxygens (including phenoxy) is 2. The smallest absolute Gasteiger partial charge is 0.262 e. The van der Waals surface area contributed by atoms with Gasteiger partial charge in [0.05, 0.1) is 24.8 Å². The molecule has 21 heavy (non-hydrogen) atoms. The number of hydrogen-bond donors (Lipinski definition) is 1. The second-order valence-electron chi connectivity index (χ2n) is 4.39. The highest BCUT2D eigenvalue weighted by Gasteiger charge is 2.18. The van der Waals surface area contributed by atoms with Crippen LogP contribution in [-0.4, -0.2) is 22.6 Å². The third-order valence-corrected chi connectivity index (χ3v) is 4.46. The maximum Gasteiger partial charge on any atom is 0.262 e. The van der Waals surface area contributed by atoms with Gasteiger partial charge in [-0.25, -0.2) is 8.42 Å². The fourth-order valence-electron chi connectivity index (χ4n) is 2.04. The van der Waals surface area contributed by atoms with Crippen LogP contribution in [-0.2, 0) is 10.0 Å². The molecule has 2 aromatic carbocycles. The monoisotopic (exact) mass is 307 g/mol. The van der Waals surface area contributed by atoms with Gasteiger partial charge in [0.25, 0.3) is 10.0 Å². The normalized spacial score (nSPS) is 11.0. The number of benzene rings is 2. The van der Waals surface area contributed by atoms with Crippen LogP contribution in [0.25, 0.3) is 0 Å². The zero-order valence-electron chi connectivity index (χ0n) is 12.1. The van der Waals surface area contributed by atoms with Gasteiger partial charge in [-0.3, -0.25) is 4.72 Å². The van der Waals surface area contributed by atoms with E-state index < -0.39 is 10.0 Å². The fraction of sp³-hybridized carbons (Fsp3) is 0.200. The standard InChI is InChI=1S/C15H17NO4S/c1-11-14(19-2)10-9-13(15(11)20-3)16-21(17,18)12-7-5-4-6-8-12/h4-10,16H,1-3H3. The van der Waals surface area contributed by atoms with Crippen molar-refractivity contribution in [1.82, 2.24) is 0 Å². The molecule has 0 atom stereocenters. The van der Waals surface area contributed by atoms with Crippen molar-refractivity contribution in [3.05, 3.63) is 48.0 Å². The zero-order valence-corrected chi connectivity index (χ0v) is 12.9. The van der Waals surface area contributed by atoms with Crippen LogP contribution in [0.5, 0.6) is 11.5 Å². The molecule has 112 valence electrons. The van der Waals surface area contributed by atoms with Crippen LogP contribution in [0, 0.1) is 6.92 Å². The summed E-state index contributed by atoms with van der Waals surface area (Å²) < 4.78 is 37.7. The summed E-state index contributed by atoms with van der Waals surface area (Å²) in [7, 11) is -0.614. The zero-order chi connectivity index (χ0) is 15.5. The van der Waals surface area contributed by atoms with Crippen molar-refractivity contribution in [1.29, 1.82) is 0 Å². The minimum absolute atomic E-state index is 0.195. The number of hydrogen-bond acceptors (Lipinski definition) is 4. The molecule has 0 aliphatic carbocycles. The molecule has 1 N–H and O–H groups in total. The third-order valence-electron chi connectivity index (χ3n) is 3.08. The first kappa shape index (κ1) is 15.2. The van der Waals surface area contributed by atoms with Crippen molar-refractivity contribution in [3.63, 3.8) is 0 Å². The molecular formula is C15H17NO4S. The maximum atomic E-state index is 12.3. The Kier molecular flexibility index (Phi) is 4.37. The molecule has 0 saturated carbocycles. The number of sulfonamides is 1. The Morgan fingerprint density at radius 2 is 1.62 bits per heavy atom. The fourth-order valence-corrected chi connectivity index (χ4v) is 3.13. The Morgan fingerprint density at radius 3 is 2.19 bits per heavy atom. The van der Waals surface area contributed by atoms with Crippen molar-refractivity contribution in [2.75, 3.05) is 18.9 Å². The van der Waals surface area contributed by atoms with Gasteiger partial charge in [0.1, 0.15) is 11.5 Å². The largest absolute Gasteiger partial charge is 0.496 e. The van der Waals surface area contributed by atoms with Gasteiger partial charge in [0.2, 0.25) is 0 Å². The van der Waals surface area contributed by atoms with E-state index in [0.717, 1.165) is 5.56 Å². The van der Waals surface area contributed by atoms with Crippen LogP contribution in [0.4, 0.5) is 5.69 Å². The summed E-state index contributed by atoms with van der Waals surface area (Å²) >= 11 is 0. The molecule has 0 heterocycles. The van der Waals surface area contributed by atoms with Crippen LogP contribution in [0.3, 0.4) is 0 Å². The van der Waals surface area contributed by atoms with Crippen molar-refractivity contribution in [2.45, 2.75) is 11.8 Å². The predicted molar refractivity (Wildman–Crippen MR) is 81.5 cm³/mol. The minimum atomic E-state index is -3.65. The van der Waals surface area contributed by atoms with Gasteiger partial charge < -0.3 is 9.47 Å². The molecule has 6 heteroatoms. The van der Waals surface area contributed by atoms with Gasteiger partial charge in [-0.15, -0.1) is 0 Å². The average molecular weight is 307 g/mol. The topological polar surface area (TPSA) is 64.6 Å². The molecule has 5 nitrogen and oxygen atoms in total. The summed E-state index contributed by atoms with van der Waals surface area (Å²) in [6.45, 7) is 1.80.